The molecule has 104 valence electrons. The van der Waals surface area contributed by atoms with Gasteiger partial charge in [0.25, 0.3) is 10.2 Å². The van der Waals surface area contributed by atoms with Gasteiger partial charge in [-0.1, -0.05) is 13.3 Å². The van der Waals surface area contributed by atoms with E-state index in [0.29, 0.717) is 13.0 Å². The van der Waals surface area contributed by atoms with Crippen LogP contribution in [0.4, 0.5) is 0 Å². The van der Waals surface area contributed by atoms with Crippen molar-refractivity contribution in [2.45, 2.75) is 32.2 Å². The summed E-state index contributed by atoms with van der Waals surface area (Å²) in [5, 5.41) is 8.84. The third-order valence-corrected chi connectivity index (χ3v) is 4.03. The predicted molar refractivity (Wildman–Crippen MR) is 67.0 cm³/mol. The van der Waals surface area contributed by atoms with Gasteiger partial charge >= 0.3 is 0 Å². The van der Waals surface area contributed by atoms with Crippen molar-refractivity contribution in [1.29, 1.82) is 0 Å². The van der Waals surface area contributed by atoms with E-state index in [-0.39, 0.29) is 19.3 Å². The SMILES string of the molecule is CCCCN(C)S(=O)(=O)NC(CCO)COC. The maximum atomic E-state index is 11.9. The van der Waals surface area contributed by atoms with Crippen LogP contribution in [-0.4, -0.2) is 57.8 Å². The maximum Gasteiger partial charge on any atom is 0.279 e. The molecule has 0 bridgehead atoms. The first-order chi connectivity index (χ1) is 7.97. The number of rotatable bonds is 10. The number of hydrogen-bond donors (Lipinski definition) is 2. The van der Waals surface area contributed by atoms with Gasteiger partial charge in [0.2, 0.25) is 0 Å². The predicted octanol–water partition coefficient (Wildman–Crippen LogP) is -0.0499. The van der Waals surface area contributed by atoms with E-state index < -0.39 is 10.2 Å². The topological polar surface area (TPSA) is 78.9 Å². The molecule has 0 radical (unpaired) electrons. The number of methoxy groups -OCH3 is 1. The fourth-order valence-electron chi connectivity index (χ4n) is 1.33. The van der Waals surface area contributed by atoms with Crippen LogP contribution in [0.3, 0.4) is 0 Å². The molecule has 0 aliphatic heterocycles. The van der Waals surface area contributed by atoms with Crippen molar-refractivity contribution in [1.82, 2.24) is 9.03 Å². The Balaban J connectivity index is 4.37. The second kappa shape index (κ2) is 8.82. The second-order valence-electron chi connectivity index (χ2n) is 3.96. The van der Waals surface area contributed by atoms with Crippen molar-refractivity contribution in [3.8, 4) is 0 Å². The number of ether oxygens (including phenoxy) is 1. The Morgan fingerprint density at radius 2 is 2.12 bits per heavy atom. The summed E-state index contributed by atoms with van der Waals surface area (Å²) in [6.07, 6.45) is 2.11. The van der Waals surface area contributed by atoms with Gasteiger partial charge in [0.1, 0.15) is 0 Å². The van der Waals surface area contributed by atoms with Gasteiger partial charge in [0.15, 0.2) is 0 Å². The Labute approximate surface area is 104 Å². The van der Waals surface area contributed by atoms with Crippen LogP contribution in [0.15, 0.2) is 0 Å². The monoisotopic (exact) mass is 268 g/mol. The summed E-state index contributed by atoms with van der Waals surface area (Å²) < 4.78 is 32.5. The largest absolute Gasteiger partial charge is 0.396 e. The Morgan fingerprint density at radius 1 is 1.47 bits per heavy atom. The van der Waals surface area contributed by atoms with E-state index in [9.17, 15) is 8.42 Å². The molecular weight excluding hydrogens is 244 g/mol. The van der Waals surface area contributed by atoms with Gasteiger partial charge < -0.3 is 9.84 Å². The van der Waals surface area contributed by atoms with Crippen LogP contribution >= 0.6 is 0 Å². The number of aliphatic hydroxyl groups is 1. The summed E-state index contributed by atoms with van der Waals surface area (Å²) in [5.74, 6) is 0. The van der Waals surface area contributed by atoms with Crippen molar-refractivity contribution in [3.05, 3.63) is 0 Å². The molecule has 0 saturated heterocycles. The summed E-state index contributed by atoms with van der Waals surface area (Å²) in [6, 6.07) is -0.390. The third kappa shape index (κ3) is 6.95. The number of nitrogens with one attached hydrogen (secondary N) is 1. The molecule has 0 aliphatic rings. The minimum absolute atomic E-state index is 0.0742. The van der Waals surface area contributed by atoms with Gasteiger partial charge in [-0.05, 0) is 12.8 Å². The van der Waals surface area contributed by atoms with Crippen LogP contribution in [0.25, 0.3) is 0 Å². The molecule has 0 saturated carbocycles. The molecule has 0 aliphatic carbocycles. The molecule has 0 heterocycles. The van der Waals surface area contributed by atoms with Crippen molar-refractivity contribution < 1.29 is 18.3 Å². The van der Waals surface area contributed by atoms with Gasteiger partial charge in [-0.25, -0.2) is 0 Å². The van der Waals surface area contributed by atoms with E-state index in [0.717, 1.165) is 12.8 Å². The molecule has 2 N–H and O–H groups in total. The minimum Gasteiger partial charge on any atom is -0.396 e. The zero-order valence-electron chi connectivity index (χ0n) is 10.8. The highest BCUT2D eigenvalue weighted by molar-refractivity contribution is 7.87. The van der Waals surface area contributed by atoms with E-state index in [2.05, 4.69) is 4.72 Å². The summed E-state index contributed by atoms with van der Waals surface area (Å²) >= 11 is 0. The highest BCUT2D eigenvalue weighted by atomic mass is 32.2. The first-order valence-corrected chi connectivity index (χ1v) is 7.25. The third-order valence-electron chi connectivity index (χ3n) is 2.40. The lowest BCUT2D eigenvalue weighted by Crippen LogP contribution is -2.46. The van der Waals surface area contributed by atoms with E-state index >= 15 is 0 Å². The molecule has 1 unspecified atom stereocenters. The first-order valence-electron chi connectivity index (χ1n) is 5.81. The standard InChI is InChI=1S/C10H24N2O4S/c1-4-5-7-12(2)17(14,15)11-10(6-8-13)9-16-3/h10-11,13H,4-9H2,1-3H3. The Hall–Kier alpha value is -0.210. The van der Waals surface area contributed by atoms with Gasteiger partial charge in [-0.15, -0.1) is 0 Å². The van der Waals surface area contributed by atoms with Crippen molar-refractivity contribution in [2.24, 2.45) is 0 Å². The fourth-order valence-corrected chi connectivity index (χ4v) is 2.49. The van der Waals surface area contributed by atoms with E-state index in [4.69, 9.17) is 9.84 Å². The van der Waals surface area contributed by atoms with Crippen molar-refractivity contribution >= 4 is 10.2 Å². The van der Waals surface area contributed by atoms with Crippen molar-refractivity contribution in [3.63, 3.8) is 0 Å². The van der Waals surface area contributed by atoms with Crippen LogP contribution < -0.4 is 4.72 Å². The fraction of sp³-hybridized carbons (Fsp3) is 1.00. The van der Waals surface area contributed by atoms with Crippen LogP contribution in [0.2, 0.25) is 0 Å². The molecule has 0 rings (SSSR count). The molecule has 0 amide bonds. The highest BCUT2D eigenvalue weighted by Gasteiger charge is 2.21. The highest BCUT2D eigenvalue weighted by Crippen LogP contribution is 2.02. The molecular formula is C10H24N2O4S. The average molecular weight is 268 g/mol. The molecule has 6 nitrogen and oxygen atoms in total. The Morgan fingerprint density at radius 3 is 2.59 bits per heavy atom. The zero-order chi connectivity index (χ0) is 13.3. The normalized spacial score (nSPS) is 14.2. The Bertz CT molecular complexity index is 276. The lowest BCUT2D eigenvalue weighted by molar-refractivity contribution is 0.157. The van der Waals surface area contributed by atoms with Gasteiger partial charge in [-0.2, -0.15) is 17.4 Å². The number of aliphatic hydroxyl groups excluding tert-OH is 1. The molecule has 0 aromatic carbocycles. The van der Waals surface area contributed by atoms with Crippen LogP contribution in [-0.2, 0) is 14.9 Å². The number of unbranched alkanes of at least 4 members (excludes halogenated alkanes) is 1. The summed E-state index contributed by atoms with van der Waals surface area (Å²) in [6.45, 7) is 2.68. The van der Waals surface area contributed by atoms with Gasteiger partial charge in [0.05, 0.1) is 6.61 Å². The van der Waals surface area contributed by atoms with Gasteiger partial charge in [0, 0.05) is 33.4 Å². The number of nitrogens with zero attached hydrogens (tertiary/aromatic N) is 1. The Kier molecular flexibility index (Phi) is 8.71. The van der Waals surface area contributed by atoms with E-state index in [1.807, 2.05) is 6.92 Å². The molecule has 0 aromatic heterocycles. The lowest BCUT2D eigenvalue weighted by atomic mass is 10.2. The summed E-state index contributed by atoms with van der Waals surface area (Å²) in [5.41, 5.74) is 0. The maximum absolute atomic E-state index is 11.9. The van der Waals surface area contributed by atoms with E-state index in [1.54, 1.807) is 7.05 Å². The summed E-state index contributed by atoms with van der Waals surface area (Å²) in [7, 11) is -0.442. The van der Waals surface area contributed by atoms with Gasteiger partial charge in [-0.3, -0.25) is 0 Å². The van der Waals surface area contributed by atoms with Crippen LogP contribution in [0.5, 0.6) is 0 Å². The zero-order valence-corrected chi connectivity index (χ0v) is 11.7. The quantitative estimate of drug-likeness (QED) is 0.582. The van der Waals surface area contributed by atoms with Crippen LogP contribution in [0.1, 0.15) is 26.2 Å². The summed E-state index contributed by atoms with van der Waals surface area (Å²) in [4.78, 5) is 0. The second-order valence-corrected chi connectivity index (χ2v) is 5.77. The minimum atomic E-state index is -3.48. The molecule has 0 aromatic rings. The smallest absolute Gasteiger partial charge is 0.279 e. The molecule has 1 atom stereocenters. The molecule has 17 heavy (non-hydrogen) atoms. The molecule has 0 spiro atoms. The lowest BCUT2D eigenvalue weighted by Gasteiger charge is -2.22. The van der Waals surface area contributed by atoms with Crippen LogP contribution in [0, 0.1) is 0 Å². The average Bonchev–Trinajstić information content (AvgIpc) is 2.26. The molecule has 0 fully saturated rings. The number of hydrogen-bond acceptors (Lipinski definition) is 4. The van der Waals surface area contributed by atoms with Crippen molar-refractivity contribution in [2.75, 3.05) is 33.9 Å². The van der Waals surface area contributed by atoms with E-state index in [1.165, 1.54) is 11.4 Å². The first kappa shape index (κ1) is 16.8. The molecule has 7 heteroatoms.